The molecule has 1 fully saturated rings. The molecule has 0 spiro atoms. The van der Waals surface area contributed by atoms with Crippen LogP contribution in [0.3, 0.4) is 0 Å². The first-order valence-electron chi connectivity index (χ1n) is 9.62. The Hall–Kier alpha value is -2.46. The summed E-state index contributed by atoms with van der Waals surface area (Å²) in [5, 5.41) is 3.35. The molecule has 4 nitrogen and oxygen atoms in total. The molecule has 0 amide bonds. The van der Waals surface area contributed by atoms with E-state index in [4.69, 9.17) is 12.2 Å². The molecule has 0 unspecified atom stereocenters. The second-order valence-electron chi connectivity index (χ2n) is 7.27. The van der Waals surface area contributed by atoms with Crippen molar-refractivity contribution in [3.8, 4) is 5.75 Å². The maximum atomic E-state index is 12.9. The number of alkyl halides is 5. The molecule has 0 bridgehead atoms. The number of halogens is 5. The SMILES string of the molecule is Cc1ccc(OC(F)F)c(NC(=S)N2CCN(Cc3cccc(C(F)(F)F)c3)CC2)c1. The first kappa shape index (κ1) is 23.2. The van der Waals surface area contributed by atoms with Gasteiger partial charge in [-0.05, 0) is 48.5 Å². The average Bonchev–Trinajstić information content (AvgIpc) is 2.70. The van der Waals surface area contributed by atoms with Gasteiger partial charge in [-0.2, -0.15) is 22.0 Å². The van der Waals surface area contributed by atoms with Crippen molar-refractivity contribution < 1.29 is 26.7 Å². The van der Waals surface area contributed by atoms with Gasteiger partial charge in [-0.25, -0.2) is 0 Å². The molecule has 168 valence electrons. The van der Waals surface area contributed by atoms with Crippen LogP contribution in [-0.2, 0) is 12.7 Å². The Labute approximate surface area is 182 Å². The van der Waals surface area contributed by atoms with Crippen molar-refractivity contribution in [3.05, 3.63) is 59.2 Å². The third-order valence-electron chi connectivity index (χ3n) is 4.91. The zero-order valence-corrected chi connectivity index (χ0v) is 17.6. The van der Waals surface area contributed by atoms with Crippen LogP contribution in [0.15, 0.2) is 42.5 Å². The van der Waals surface area contributed by atoms with Gasteiger partial charge in [-0.1, -0.05) is 24.3 Å². The summed E-state index contributed by atoms with van der Waals surface area (Å²) < 4.78 is 68.5. The predicted molar refractivity (Wildman–Crippen MR) is 112 cm³/mol. The number of piperazine rings is 1. The molecule has 10 heteroatoms. The third-order valence-corrected chi connectivity index (χ3v) is 5.27. The predicted octanol–water partition coefficient (Wildman–Crippen LogP) is 5.13. The Morgan fingerprint density at radius 3 is 2.45 bits per heavy atom. The number of aryl methyl sites for hydroxylation is 1. The second kappa shape index (κ2) is 9.78. The van der Waals surface area contributed by atoms with Crippen LogP contribution in [0.2, 0.25) is 0 Å². The molecule has 0 aliphatic carbocycles. The third kappa shape index (κ3) is 6.51. The molecule has 31 heavy (non-hydrogen) atoms. The standard InChI is InChI=1S/C21H22F5N3OS/c1-14-5-6-18(30-19(22)23)17(11-14)27-20(31)29-9-7-28(8-10-29)13-15-3-2-4-16(12-15)21(24,25)26/h2-6,11-12,19H,7-10,13H2,1H3,(H,27,31). The maximum Gasteiger partial charge on any atom is 0.416 e. The number of nitrogens with zero attached hydrogens (tertiary/aromatic N) is 2. The van der Waals surface area contributed by atoms with Crippen LogP contribution in [0, 0.1) is 6.92 Å². The van der Waals surface area contributed by atoms with Gasteiger partial charge in [0.25, 0.3) is 0 Å². The number of thiocarbonyl (C=S) groups is 1. The Bertz CT molecular complexity index is 914. The van der Waals surface area contributed by atoms with E-state index in [9.17, 15) is 22.0 Å². The largest absolute Gasteiger partial charge is 0.433 e. The first-order chi connectivity index (χ1) is 14.6. The molecule has 0 aromatic heterocycles. The molecule has 1 aliphatic rings. The molecule has 1 N–H and O–H groups in total. The highest BCUT2D eigenvalue weighted by Crippen LogP contribution is 2.30. The van der Waals surface area contributed by atoms with Crippen LogP contribution in [0.4, 0.5) is 27.6 Å². The van der Waals surface area contributed by atoms with E-state index in [-0.39, 0.29) is 5.75 Å². The molecule has 0 radical (unpaired) electrons. The Morgan fingerprint density at radius 2 is 1.81 bits per heavy atom. The quantitative estimate of drug-likeness (QED) is 0.494. The summed E-state index contributed by atoms with van der Waals surface area (Å²) in [4.78, 5) is 3.94. The first-order valence-corrected chi connectivity index (χ1v) is 10.0. The lowest BCUT2D eigenvalue weighted by Gasteiger charge is -2.36. The number of benzene rings is 2. The van der Waals surface area contributed by atoms with Crippen LogP contribution in [0.5, 0.6) is 5.75 Å². The van der Waals surface area contributed by atoms with E-state index in [1.807, 2.05) is 16.7 Å². The fourth-order valence-electron chi connectivity index (χ4n) is 3.35. The monoisotopic (exact) mass is 459 g/mol. The zero-order valence-electron chi connectivity index (χ0n) is 16.8. The molecule has 2 aromatic carbocycles. The number of ether oxygens (including phenoxy) is 1. The van der Waals surface area contributed by atoms with Gasteiger partial charge in [0.1, 0.15) is 5.75 Å². The normalized spacial score (nSPS) is 15.3. The number of nitrogens with one attached hydrogen (secondary N) is 1. The molecular formula is C21H22F5N3OS. The van der Waals surface area contributed by atoms with Crippen molar-refractivity contribution in [2.75, 3.05) is 31.5 Å². The Balaban J connectivity index is 1.57. The van der Waals surface area contributed by atoms with E-state index in [0.29, 0.717) is 49.1 Å². The fraction of sp³-hybridized carbons (Fsp3) is 0.381. The number of anilines is 1. The van der Waals surface area contributed by atoms with Crippen LogP contribution < -0.4 is 10.1 Å². The molecular weight excluding hydrogens is 437 g/mol. The molecule has 0 atom stereocenters. The number of rotatable bonds is 5. The minimum Gasteiger partial charge on any atom is -0.433 e. The van der Waals surface area contributed by atoms with Gasteiger partial charge in [-0.3, -0.25) is 4.90 Å². The highest BCUT2D eigenvalue weighted by molar-refractivity contribution is 7.80. The smallest absolute Gasteiger partial charge is 0.416 e. The van der Waals surface area contributed by atoms with Gasteiger partial charge in [0.2, 0.25) is 0 Å². The summed E-state index contributed by atoms with van der Waals surface area (Å²) in [6.45, 7) is 1.60. The van der Waals surface area contributed by atoms with Gasteiger partial charge in [0.05, 0.1) is 11.3 Å². The van der Waals surface area contributed by atoms with E-state index in [1.165, 1.54) is 18.2 Å². The minimum absolute atomic E-state index is 0.00568. The average molecular weight is 459 g/mol. The summed E-state index contributed by atoms with van der Waals surface area (Å²) in [6, 6.07) is 10.1. The van der Waals surface area contributed by atoms with Crippen LogP contribution in [-0.4, -0.2) is 47.7 Å². The number of hydrogen-bond donors (Lipinski definition) is 1. The van der Waals surface area contributed by atoms with Gasteiger partial charge in [0.15, 0.2) is 5.11 Å². The van der Waals surface area contributed by atoms with Crippen molar-refractivity contribution in [3.63, 3.8) is 0 Å². The van der Waals surface area contributed by atoms with E-state index >= 15 is 0 Å². The summed E-state index contributed by atoms with van der Waals surface area (Å²) in [5.74, 6) is 0.00568. The van der Waals surface area contributed by atoms with Gasteiger partial charge in [0, 0.05) is 32.7 Å². The molecule has 3 rings (SSSR count). The van der Waals surface area contributed by atoms with E-state index in [1.54, 1.807) is 18.2 Å². The molecule has 0 saturated carbocycles. The zero-order chi connectivity index (χ0) is 22.6. The minimum atomic E-state index is -4.37. The lowest BCUT2D eigenvalue weighted by Crippen LogP contribution is -2.49. The van der Waals surface area contributed by atoms with E-state index in [2.05, 4.69) is 10.1 Å². The lowest BCUT2D eigenvalue weighted by molar-refractivity contribution is -0.137. The van der Waals surface area contributed by atoms with Gasteiger partial charge < -0.3 is 15.0 Å². The number of hydrogen-bond acceptors (Lipinski definition) is 3. The van der Waals surface area contributed by atoms with E-state index < -0.39 is 18.4 Å². The van der Waals surface area contributed by atoms with Crippen molar-refractivity contribution in [2.45, 2.75) is 26.3 Å². The van der Waals surface area contributed by atoms with Gasteiger partial charge in [-0.15, -0.1) is 0 Å². The summed E-state index contributed by atoms with van der Waals surface area (Å²) in [5.41, 5.74) is 1.15. The van der Waals surface area contributed by atoms with Gasteiger partial charge >= 0.3 is 12.8 Å². The highest BCUT2D eigenvalue weighted by atomic mass is 32.1. The van der Waals surface area contributed by atoms with Crippen molar-refractivity contribution >= 4 is 23.0 Å². The Morgan fingerprint density at radius 1 is 1.10 bits per heavy atom. The van der Waals surface area contributed by atoms with E-state index in [0.717, 1.165) is 11.6 Å². The Kier molecular flexibility index (Phi) is 7.32. The molecule has 1 saturated heterocycles. The molecule has 1 heterocycles. The molecule has 2 aromatic rings. The lowest BCUT2D eigenvalue weighted by atomic mass is 10.1. The second-order valence-corrected chi connectivity index (χ2v) is 7.66. The summed E-state index contributed by atoms with van der Waals surface area (Å²) in [6.07, 6.45) is -4.37. The summed E-state index contributed by atoms with van der Waals surface area (Å²) in [7, 11) is 0. The van der Waals surface area contributed by atoms with Crippen LogP contribution in [0.1, 0.15) is 16.7 Å². The highest BCUT2D eigenvalue weighted by Gasteiger charge is 2.30. The van der Waals surface area contributed by atoms with Crippen LogP contribution >= 0.6 is 12.2 Å². The summed E-state index contributed by atoms with van der Waals surface area (Å²) >= 11 is 5.43. The van der Waals surface area contributed by atoms with Crippen molar-refractivity contribution in [1.29, 1.82) is 0 Å². The maximum absolute atomic E-state index is 12.9. The fourth-order valence-corrected chi connectivity index (χ4v) is 3.64. The molecule has 1 aliphatic heterocycles. The van der Waals surface area contributed by atoms with Crippen molar-refractivity contribution in [2.24, 2.45) is 0 Å². The topological polar surface area (TPSA) is 27.7 Å². The van der Waals surface area contributed by atoms with Crippen molar-refractivity contribution in [1.82, 2.24) is 9.80 Å². The van der Waals surface area contributed by atoms with Crippen LogP contribution in [0.25, 0.3) is 0 Å².